The van der Waals surface area contributed by atoms with Crippen LogP contribution in [-0.2, 0) is 17.9 Å². The van der Waals surface area contributed by atoms with Crippen molar-refractivity contribution in [2.75, 3.05) is 6.54 Å². The molecule has 25 heavy (non-hydrogen) atoms. The third-order valence-corrected chi connectivity index (χ3v) is 5.18. The zero-order chi connectivity index (χ0) is 17.5. The normalized spacial score (nSPS) is 19.9. The van der Waals surface area contributed by atoms with Crippen molar-refractivity contribution in [3.63, 3.8) is 0 Å². The maximum absolute atomic E-state index is 11.8. The monoisotopic (exact) mass is 342 g/mol. The van der Waals surface area contributed by atoms with E-state index >= 15 is 0 Å². The van der Waals surface area contributed by atoms with Crippen molar-refractivity contribution in [2.45, 2.75) is 70.5 Å². The minimum Gasteiger partial charge on any atom is -0.370 e. The SMILES string of the molecule is NC(=NCc1cccc(CN2CCCC2=O)c1)NC1CCCCCC1. The Kier molecular flexibility index (Phi) is 6.31. The van der Waals surface area contributed by atoms with E-state index in [1.54, 1.807) is 0 Å². The Labute approximate surface area is 150 Å². The highest BCUT2D eigenvalue weighted by molar-refractivity contribution is 5.78. The van der Waals surface area contributed by atoms with E-state index in [1.165, 1.54) is 44.1 Å². The van der Waals surface area contributed by atoms with Crippen LogP contribution in [0.5, 0.6) is 0 Å². The highest BCUT2D eigenvalue weighted by atomic mass is 16.2. The highest BCUT2D eigenvalue weighted by Crippen LogP contribution is 2.17. The minimum absolute atomic E-state index is 0.264. The van der Waals surface area contributed by atoms with Gasteiger partial charge in [0.05, 0.1) is 6.54 Å². The van der Waals surface area contributed by atoms with E-state index in [2.05, 4.69) is 28.5 Å². The standard InChI is InChI=1S/C20H30N4O/c21-20(23-18-9-3-1-2-4-10-18)22-14-16-7-5-8-17(13-16)15-24-12-6-11-19(24)25/h5,7-8,13,18H,1-4,6,9-12,14-15H2,(H3,21,22,23). The largest absolute Gasteiger partial charge is 0.370 e. The zero-order valence-corrected chi connectivity index (χ0v) is 15.0. The van der Waals surface area contributed by atoms with Gasteiger partial charge in [0.15, 0.2) is 5.96 Å². The number of hydrogen-bond donors (Lipinski definition) is 2. The fourth-order valence-electron chi connectivity index (χ4n) is 3.77. The first-order valence-corrected chi connectivity index (χ1v) is 9.63. The van der Waals surface area contributed by atoms with E-state index in [0.717, 1.165) is 18.5 Å². The number of amides is 1. The number of rotatable bonds is 5. The van der Waals surface area contributed by atoms with Crippen molar-refractivity contribution in [1.29, 1.82) is 0 Å². The van der Waals surface area contributed by atoms with Gasteiger partial charge in [-0.15, -0.1) is 0 Å². The first kappa shape index (κ1) is 17.8. The number of nitrogens with one attached hydrogen (secondary N) is 1. The molecule has 3 N–H and O–H groups in total. The van der Waals surface area contributed by atoms with Gasteiger partial charge >= 0.3 is 0 Å². The number of nitrogens with two attached hydrogens (primary N) is 1. The van der Waals surface area contributed by atoms with Crippen LogP contribution in [0.1, 0.15) is 62.5 Å². The molecule has 1 saturated carbocycles. The number of guanidine groups is 1. The summed E-state index contributed by atoms with van der Waals surface area (Å²) < 4.78 is 0. The third-order valence-electron chi connectivity index (χ3n) is 5.18. The molecule has 3 rings (SSSR count). The van der Waals surface area contributed by atoms with Crippen LogP contribution in [0.25, 0.3) is 0 Å². The molecular formula is C20H30N4O. The van der Waals surface area contributed by atoms with Gasteiger partial charge in [0, 0.05) is 25.6 Å². The Morgan fingerprint density at radius 2 is 1.92 bits per heavy atom. The molecule has 0 bridgehead atoms. The Hall–Kier alpha value is -2.04. The molecule has 1 saturated heterocycles. The van der Waals surface area contributed by atoms with E-state index in [0.29, 0.717) is 31.5 Å². The molecule has 2 fully saturated rings. The lowest BCUT2D eigenvalue weighted by Gasteiger charge is -2.17. The molecule has 136 valence electrons. The summed E-state index contributed by atoms with van der Waals surface area (Å²) in [5.74, 6) is 0.812. The second kappa shape index (κ2) is 8.88. The molecule has 0 unspecified atom stereocenters. The topological polar surface area (TPSA) is 70.7 Å². The number of carbonyl (C=O) groups is 1. The van der Waals surface area contributed by atoms with Crippen LogP contribution in [0.3, 0.4) is 0 Å². The summed E-state index contributed by atoms with van der Waals surface area (Å²) in [6, 6.07) is 8.78. The Morgan fingerprint density at radius 3 is 2.64 bits per heavy atom. The zero-order valence-electron chi connectivity index (χ0n) is 15.0. The molecule has 1 amide bonds. The lowest BCUT2D eigenvalue weighted by Crippen LogP contribution is -2.39. The molecule has 1 aromatic rings. The van der Waals surface area contributed by atoms with Gasteiger partial charge in [0.25, 0.3) is 0 Å². The number of carbonyl (C=O) groups excluding carboxylic acids is 1. The number of aliphatic imine (C=N–C) groups is 1. The van der Waals surface area contributed by atoms with Crippen LogP contribution in [0.2, 0.25) is 0 Å². The number of nitrogens with zero attached hydrogens (tertiary/aromatic N) is 2. The average Bonchev–Trinajstić information content (AvgIpc) is 2.85. The lowest BCUT2D eigenvalue weighted by molar-refractivity contribution is -0.128. The van der Waals surface area contributed by atoms with Gasteiger partial charge in [0.1, 0.15) is 0 Å². The van der Waals surface area contributed by atoms with E-state index < -0.39 is 0 Å². The van der Waals surface area contributed by atoms with Crippen LogP contribution >= 0.6 is 0 Å². The fraction of sp³-hybridized carbons (Fsp3) is 0.600. The van der Waals surface area contributed by atoms with Crippen LogP contribution < -0.4 is 11.1 Å². The molecule has 2 aliphatic rings. The molecule has 0 atom stereocenters. The fourth-order valence-corrected chi connectivity index (χ4v) is 3.77. The summed E-state index contributed by atoms with van der Waals surface area (Å²) in [6.45, 7) is 2.15. The highest BCUT2D eigenvalue weighted by Gasteiger charge is 2.19. The van der Waals surface area contributed by atoms with Crippen molar-refractivity contribution >= 4 is 11.9 Å². The second-order valence-electron chi connectivity index (χ2n) is 7.27. The van der Waals surface area contributed by atoms with Crippen LogP contribution in [0, 0.1) is 0 Å². The van der Waals surface area contributed by atoms with Crippen LogP contribution in [0.15, 0.2) is 29.3 Å². The summed E-state index contributed by atoms with van der Waals surface area (Å²) in [5.41, 5.74) is 8.38. The van der Waals surface area contributed by atoms with Gasteiger partial charge in [-0.2, -0.15) is 0 Å². The van der Waals surface area contributed by atoms with Gasteiger partial charge in [-0.05, 0) is 30.4 Å². The van der Waals surface area contributed by atoms with Crippen LogP contribution in [-0.4, -0.2) is 29.4 Å². The predicted octanol–water partition coefficient (Wildman–Crippen LogP) is 2.94. The van der Waals surface area contributed by atoms with Crippen molar-refractivity contribution < 1.29 is 4.79 Å². The van der Waals surface area contributed by atoms with Crippen LogP contribution in [0.4, 0.5) is 0 Å². The minimum atomic E-state index is 0.264. The summed E-state index contributed by atoms with van der Waals surface area (Å²) in [5, 5.41) is 3.38. The average molecular weight is 342 g/mol. The molecule has 0 spiro atoms. The van der Waals surface area contributed by atoms with E-state index in [9.17, 15) is 4.79 Å². The molecule has 0 aromatic heterocycles. The van der Waals surface area contributed by atoms with Gasteiger partial charge in [0.2, 0.25) is 5.91 Å². The molecule has 5 nitrogen and oxygen atoms in total. The smallest absolute Gasteiger partial charge is 0.222 e. The maximum Gasteiger partial charge on any atom is 0.222 e. The predicted molar refractivity (Wildman–Crippen MR) is 101 cm³/mol. The van der Waals surface area contributed by atoms with Crippen molar-refractivity contribution in [3.05, 3.63) is 35.4 Å². The molecule has 1 aliphatic carbocycles. The number of benzene rings is 1. The van der Waals surface area contributed by atoms with Crippen molar-refractivity contribution in [3.8, 4) is 0 Å². The van der Waals surface area contributed by atoms with Gasteiger partial charge < -0.3 is 16.0 Å². The lowest BCUT2D eigenvalue weighted by atomic mass is 10.1. The Morgan fingerprint density at radius 1 is 1.16 bits per heavy atom. The summed E-state index contributed by atoms with van der Waals surface area (Å²) in [4.78, 5) is 18.2. The number of likely N-dealkylation sites (tertiary alicyclic amines) is 1. The first-order valence-electron chi connectivity index (χ1n) is 9.63. The second-order valence-corrected chi connectivity index (χ2v) is 7.27. The summed E-state index contributed by atoms with van der Waals surface area (Å²) in [6.07, 6.45) is 9.28. The Bertz CT molecular complexity index is 605. The van der Waals surface area contributed by atoms with Crippen molar-refractivity contribution in [2.24, 2.45) is 10.7 Å². The maximum atomic E-state index is 11.8. The Balaban J connectivity index is 1.53. The molecule has 1 heterocycles. The van der Waals surface area contributed by atoms with Gasteiger partial charge in [-0.25, -0.2) is 4.99 Å². The molecule has 1 aromatic carbocycles. The van der Waals surface area contributed by atoms with E-state index in [1.807, 2.05) is 11.0 Å². The molecule has 0 radical (unpaired) electrons. The van der Waals surface area contributed by atoms with Crippen molar-refractivity contribution in [1.82, 2.24) is 10.2 Å². The first-order chi connectivity index (χ1) is 12.2. The molecule has 5 heteroatoms. The third kappa shape index (κ3) is 5.48. The summed E-state index contributed by atoms with van der Waals surface area (Å²) in [7, 11) is 0. The molecular weight excluding hydrogens is 312 g/mol. The molecule has 1 aliphatic heterocycles. The summed E-state index contributed by atoms with van der Waals surface area (Å²) >= 11 is 0. The van der Waals surface area contributed by atoms with E-state index in [-0.39, 0.29) is 5.91 Å². The van der Waals surface area contributed by atoms with Gasteiger partial charge in [-0.1, -0.05) is 49.9 Å². The van der Waals surface area contributed by atoms with Gasteiger partial charge in [-0.3, -0.25) is 4.79 Å². The quantitative estimate of drug-likeness (QED) is 0.491. The van der Waals surface area contributed by atoms with E-state index in [4.69, 9.17) is 5.73 Å². The number of hydrogen-bond acceptors (Lipinski definition) is 2.